The number of nitrogens with zero attached hydrogens (tertiary/aromatic N) is 3. The van der Waals surface area contributed by atoms with Gasteiger partial charge in [0.15, 0.2) is 4.96 Å². The van der Waals surface area contributed by atoms with Crippen LogP contribution in [0.4, 0.5) is 0 Å². The van der Waals surface area contributed by atoms with E-state index >= 15 is 0 Å². The Morgan fingerprint density at radius 1 is 1.50 bits per heavy atom. The Morgan fingerprint density at radius 2 is 2.25 bits per heavy atom. The molecule has 2 aromatic heterocycles. The SMILES string of the molecule is CCC(C)N(CC(=O)O)C(=O)CSCc1cc(=O)n2ccsc2n1. The zero-order valence-corrected chi connectivity index (χ0v) is 15.1. The Balaban J connectivity index is 1.96. The third-order valence-electron chi connectivity index (χ3n) is 3.58. The van der Waals surface area contributed by atoms with E-state index in [9.17, 15) is 14.4 Å². The molecule has 130 valence electrons. The molecule has 0 radical (unpaired) electrons. The molecule has 0 fully saturated rings. The number of fused-ring (bicyclic) bond motifs is 1. The summed E-state index contributed by atoms with van der Waals surface area (Å²) in [6.07, 6.45) is 2.36. The molecule has 0 aliphatic heterocycles. The molecule has 0 aliphatic carbocycles. The van der Waals surface area contributed by atoms with Crippen LogP contribution in [0.15, 0.2) is 22.4 Å². The maximum absolute atomic E-state index is 12.3. The number of aromatic nitrogens is 2. The van der Waals surface area contributed by atoms with E-state index in [0.717, 1.165) is 0 Å². The number of carboxylic acids is 1. The smallest absolute Gasteiger partial charge is 0.323 e. The van der Waals surface area contributed by atoms with Crippen molar-refractivity contribution in [2.45, 2.75) is 32.1 Å². The van der Waals surface area contributed by atoms with Gasteiger partial charge in [0, 0.05) is 29.4 Å². The minimum atomic E-state index is -1.02. The Bertz CT molecular complexity index is 786. The van der Waals surface area contributed by atoms with Gasteiger partial charge >= 0.3 is 5.97 Å². The van der Waals surface area contributed by atoms with Gasteiger partial charge in [0.1, 0.15) is 6.54 Å². The number of hydrogen-bond donors (Lipinski definition) is 1. The van der Waals surface area contributed by atoms with Crippen molar-refractivity contribution in [3.8, 4) is 0 Å². The molecule has 0 bridgehead atoms. The first-order chi connectivity index (χ1) is 11.4. The number of aliphatic carboxylic acids is 1. The molecular weight excluding hydrogens is 350 g/mol. The number of thioether (sulfide) groups is 1. The van der Waals surface area contributed by atoms with Crippen LogP contribution in [-0.4, -0.2) is 49.6 Å². The van der Waals surface area contributed by atoms with Crippen molar-refractivity contribution in [3.63, 3.8) is 0 Å². The van der Waals surface area contributed by atoms with Gasteiger partial charge in [-0.3, -0.25) is 18.8 Å². The van der Waals surface area contributed by atoms with Crippen molar-refractivity contribution in [2.24, 2.45) is 0 Å². The van der Waals surface area contributed by atoms with Crippen molar-refractivity contribution >= 4 is 39.9 Å². The first kappa shape index (κ1) is 18.5. The van der Waals surface area contributed by atoms with Crippen LogP contribution in [0.1, 0.15) is 26.0 Å². The summed E-state index contributed by atoms with van der Waals surface area (Å²) in [6.45, 7) is 3.45. The number of amides is 1. The average molecular weight is 369 g/mol. The van der Waals surface area contributed by atoms with Gasteiger partial charge in [0.05, 0.1) is 11.4 Å². The van der Waals surface area contributed by atoms with Gasteiger partial charge in [-0.2, -0.15) is 0 Å². The van der Waals surface area contributed by atoms with Gasteiger partial charge in [0.25, 0.3) is 5.56 Å². The van der Waals surface area contributed by atoms with E-state index in [1.54, 1.807) is 11.6 Å². The molecule has 2 heterocycles. The highest BCUT2D eigenvalue weighted by molar-refractivity contribution is 7.99. The first-order valence-electron chi connectivity index (χ1n) is 7.47. The summed E-state index contributed by atoms with van der Waals surface area (Å²) in [5.74, 6) is -0.655. The highest BCUT2D eigenvalue weighted by Gasteiger charge is 2.21. The summed E-state index contributed by atoms with van der Waals surface area (Å²) in [5.41, 5.74) is 0.476. The second kappa shape index (κ2) is 8.29. The Kier molecular flexibility index (Phi) is 6.38. The van der Waals surface area contributed by atoms with E-state index in [4.69, 9.17) is 5.11 Å². The zero-order valence-electron chi connectivity index (χ0n) is 13.5. The lowest BCUT2D eigenvalue weighted by atomic mass is 10.2. The molecule has 0 saturated carbocycles. The van der Waals surface area contributed by atoms with Crippen LogP contribution in [0.3, 0.4) is 0 Å². The van der Waals surface area contributed by atoms with E-state index in [2.05, 4.69) is 4.98 Å². The van der Waals surface area contributed by atoms with Gasteiger partial charge in [0.2, 0.25) is 5.91 Å². The van der Waals surface area contributed by atoms with Gasteiger partial charge in [-0.25, -0.2) is 4.98 Å². The van der Waals surface area contributed by atoms with E-state index < -0.39 is 5.97 Å². The van der Waals surface area contributed by atoms with Crippen molar-refractivity contribution in [2.75, 3.05) is 12.3 Å². The lowest BCUT2D eigenvalue weighted by Gasteiger charge is -2.26. The standard InChI is InChI=1S/C15H19N3O4S2/c1-3-10(2)18(7-14(21)22)13(20)9-23-8-11-6-12(19)17-4-5-24-15(17)16-11/h4-6,10H,3,7-9H2,1-2H3,(H,21,22). The first-order valence-corrected chi connectivity index (χ1v) is 9.50. The van der Waals surface area contributed by atoms with Crippen LogP contribution in [0.5, 0.6) is 0 Å². The van der Waals surface area contributed by atoms with Crippen molar-refractivity contribution in [1.82, 2.24) is 14.3 Å². The average Bonchev–Trinajstić information content (AvgIpc) is 3.00. The maximum Gasteiger partial charge on any atom is 0.323 e. The highest BCUT2D eigenvalue weighted by atomic mass is 32.2. The summed E-state index contributed by atoms with van der Waals surface area (Å²) in [4.78, 5) is 41.5. The van der Waals surface area contributed by atoms with Crippen LogP contribution in [-0.2, 0) is 15.3 Å². The topological polar surface area (TPSA) is 92.0 Å². The molecule has 0 spiro atoms. The Hall–Kier alpha value is -1.87. The van der Waals surface area contributed by atoms with Gasteiger partial charge in [-0.15, -0.1) is 23.1 Å². The van der Waals surface area contributed by atoms with E-state index in [0.29, 0.717) is 22.8 Å². The number of rotatable bonds is 8. The summed E-state index contributed by atoms with van der Waals surface area (Å²) >= 11 is 2.70. The minimum Gasteiger partial charge on any atom is -0.480 e. The highest BCUT2D eigenvalue weighted by Crippen LogP contribution is 2.14. The summed E-state index contributed by atoms with van der Waals surface area (Å²) in [7, 11) is 0. The third kappa shape index (κ3) is 4.57. The lowest BCUT2D eigenvalue weighted by Crippen LogP contribution is -2.42. The number of hydrogen-bond acceptors (Lipinski definition) is 6. The molecule has 2 aromatic rings. The van der Waals surface area contributed by atoms with Crippen molar-refractivity contribution in [3.05, 3.63) is 33.7 Å². The number of carbonyl (C=O) groups excluding carboxylic acids is 1. The fourth-order valence-corrected chi connectivity index (χ4v) is 3.68. The number of carboxylic acid groups (broad SMARTS) is 1. The predicted molar refractivity (Wildman–Crippen MR) is 94.6 cm³/mol. The molecule has 9 heteroatoms. The molecule has 7 nitrogen and oxygen atoms in total. The fraction of sp³-hybridized carbons (Fsp3) is 0.467. The largest absolute Gasteiger partial charge is 0.480 e. The molecule has 2 rings (SSSR count). The number of carbonyl (C=O) groups is 2. The Morgan fingerprint density at radius 3 is 2.92 bits per heavy atom. The van der Waals surface area contributed by atoms with E-state index in [1.165, 1.54) is 38.5 Å². The fourth-order valence-electron chi connectivity index (χ4n) is 2.14. The molecule has 0 aliphatic rings. The molecule has 1 atom stereocenters. The minimum absolute atomic E-state index is 0.126. The summed E-state index contributed by atoms with van der Waals surface area (Å²) < 4.78 is 1.47. The van der Waals surface area contributed by atoms with Crippen LogP contribution in [0, 0.1) is 0 Å². The zero-order chi connectivity index (χ0) is 17.7. The van der Waals surface area contributed by atoms with Gasteiger partial charge in [-0.1, -0.05) is 6.92 Å². The molecule has 1 N–H and O–H groups in total. The Labute approximate surface area is 147 Å². The normalized spacial score (nSPS) is 12.2. The van der Waals surface area contributed by atoms with Gasteiger partial charge in [-0.05, 0) is 13.3 Å². The molecule has 1 amide bonds. The second-order valence-electron chi connectivity index (χ2n) is 5.31. The summed E-state index contributed by atoms with van der Waals surface area (Å²) in [6, 6.07) is 1.33. The van der Waals surface area contributed by atoms with E-state index in [1.807, 2.05) is 13.8 Å². The summed E-state index contributed by atoms with van der Waals surface area (Å²) in [5, 5.41) is 10.7. The molecular formula is C15H19N3O4S2. The van der Waals surface area contributed by atoms with Crippen LogP contribution >= 0.6 is 23.1 Å². The van der Waals surface area contributed by atoms with E-state index in [-0.39, 0.29) is 29.8 Å². The lowest BCUT2D eigenvalue weighted by molar-refractivity contribution is -0.144. The molecule has 1 unspecified atom stereocenters. The molecule has 0 saturated heterocycles. The predicted octanol–water partition coefficient (Wildman–Crippen LogP) is 1.70. The monoisotopic (exact) mass is 369 g/mol. The maximum atomic E-state index is 12.3. The van der Waals surface area contributed by atoms with Crippen molar-refractivity contribution in [1.29, 1.82) is 0 Å². The van der Waals surface area contributed by atoms with Crippen LogP contribution in [0.25, 0.3) is 4.96 Å². The second-order valence-corrected chi connectivity index (χ2v) is 7.17. The molecule has 0 aromatic carbocycles. The quantitative estimate of drug-likeness (QED) is 0.761. The number of thiazole rings is 1. The van der Waals surface area contributed by atoms with Gasteiger partial charge < -0.3 is 10.0 Å². The third-order valence-corrected chi connectivity index (χ3v) is 5.29. The molecule has 24 heavy (non-hydrogen) atoms. The van der Waals surface area contributed by atoms with Crippen LogP contribution < -0.4 is 5.56 Å². The van der Waals surface area contributed by atoms with Crippen molar-refractivity contribution < 1.29 is 14.7 Å². The van der Waals surface area contributed by atoms with Crippen LogP contribution in [0.2, 0.25) is 0 Å².